The van der Waals surface area contributed by atoms with Gasteiger partial charge in [-0.2, -0.15) is 0 Å². The van der Waals surface area contributed by atoms with Crippen molar-refractivity contribution < 1.29 is 4.79 Å². The zero-order chi connectivity index (χ0) is 19.3. The van der Waals surface area contributed by atoms with Gasteiger partial charge in [0, 0.05) is 24.5 Å². The van der Waals surface area contributed by atoms with Gasteiger partial charge in [0.2, 0.25) is 5.91 Å². The number of carbonyl (C=O) groups is 1. The number of hydrogen-bond donors (Lipinski definition) is 0. The van der Waals surface area contributed by atoms with E-state index >= 15 is 0 Å². The van der Waals surface area contributed by atoms with E-state index < -0.39 is 0 Å². The normalized spacial score (nSPS) is 24.4. The molecular formula is C21H27N3O2S2. The highest BCUT2D eigenvalue weighted by Crippen LogP contribution is 2.37. The molecule has 1 amide bonds. The summed E-state index contributed by atoms with van der Waals surface area (Å²) < 4.78 is 1.64. The van der Waals surface area contributed by atoms with Crippen molar-refractivity contribution in [3.8, 4) is 0 Å². The first-order chi connectivity index (χ1) is 13.6. The number of aromatic nitrogens is 2. The molecule has 1 saturated heterocycles. The fraction of sp³-hybridized carbons (Fsp3) is 0.667. The molecule has 5 nitrogen and oxygen atoms in total. The molecule has 3 aliphatic rings. The Morgan fingerprint density at radius 1 is 1.18 bits per heavy atom. The van der Waals surface area contributed by atoms with Crippen LogP contribution in [0, 0.1) is 5.92 Å². The Bertz CT molecular complexity index is 978. The summed E-state index contributed by atoms with van der Waals surface area (Å²) in [5.74, 6) is 1.29. The maximum Gasteiger partial charge on any atom is 0.262 e. The highest BCUT2D eigenvalue weighted by atomic mass is 32.2. The molecule has 1 aliphatic heterocycles. The SMILES string of the molecule is Cn1c(SCC(=O)N2CCC[C@@H]3CCCC[C@H]32)nc2sc3c(c2c1=O)CCC3. The van der Waals surface area contributed by atoms with Crippen LogP contribution in [0.4, 0.5) is 0 Å². The van der Waals surface area contributed by atoms with Gasteiger partial charge in [0.1, 0.15) is 4.83 Å². The summed E-state index contributed by atoms with van der Waals surface area (Å²) >= 11 is 3.09. The lowest BCUT2D eigenvalue weighted by molar-refractivity contribution is -0.134. The lowest BCUT2D eigenvalue weighted by atomic mass is 9.78. The number of likely N-dealkylation sites (tertiary alicyclic amines) is 1. The molecule has 2 fully saturated rings. The number of carbonyl (C=O) groups excluding carboxylic acids is 1. The third-order valence-electron chi connectivity index (χ3n) is 6.79. The Kier molecular flexibility index (Phi) is 4.99. The van der Waals surface area contributed by atoms with Gasteiger partial charge in [-0.05, 0) is 56.4 Å². The van der Waals surface area contributed by atoms with E-state index in [4.69, 9.17) is 4.98 Å². The first-order valence-corrected chi connectivity index (χ1v) is 12.4. The molecule has 0 aromatic carbocycles. The molecule has 2 atom stereocenters. The average molecular weight is 418 g/mol. The zero-order valence-corrected chi connectivity index (χ0v) is 18.0. The van der Waals surface area contributed by atoms with Gasteiger partial charge in [-0.25, -0.2) is 4.98 Å². The molecule has 0 N–H and O–H groups in total. The highest BCUT2D eigenvalue weighted by molar-refractivity contribution is 7.99. The maximum atomic E-state index is 13.0. The Hall–Kier alpha value is -1.34. The molecule has 150 valence electrons. The van der Waals surface area contributed by atoms with Crippen LogP contribution >= 0.6 is 23.1 Å². The van der Waals surface area contributed by atoms with Gasteiger partial charge in [0.15, 0.2) is 5.16 Å². The number of piperidine rings is 1. The van der Waals surface area contributed by atoms with Gasteiger partial charge in [0.25, 0.3) is 5.56 Å². The van der Waals surface area contributed by atoms with E-state index in [-0.39, 0.29) is 11.5 Å². The zero-order valence-electron chi connectivity index (χ0n) is 16.4. The molecule has 0 bridgehead atoms. The van der Waals surface area contributed by atoms with Crippen LogP contribution in [0.5, 0.6) is 0 Å². The van der Waals surface area contributed by atoms with Gasteiger partial charge in [-0.15, -0.1) is 11.3 Å². The lowest BCUT2D eigenvalue weighted by Crippen LogP contribution is -2.50. The van der Waals surface area contributed by atoms with Crippen molar-refractivity contribution in [1.29, 1.82) is 0 Å². The predicted octanol–water partition coefficient (Wildman–Crippen LogP) is 3.76. The summed E-state index contributed by atoms with van der Waals surface area (Å²) in [6.07, 6.45) is 10.6. The number of thiophene rings is 1. The van der Waals surface area contributed by atoms with E-state index in [0.717, 1.165) is 48.9 Å². The largest absolute Gasteiger partial charge is 0.339 e. The fourth-order valence-electron chi connectivity index (χ4n) is 5.38. The summed E-state index contributed by atoms with van der Waals surface area (Å²) in [4.78, 5) is 35.0. The molecule has 1 saturated carbocycles. The summed E-state index contributed by atoms with van der Waals surface area (Å²) in [7, 11) is 1.79. The second kappa shape index (κ2) is 7.48. The third kappa shape index (κ3) is 3.11. The first-order valence-electron chi connectivity index (χ1n) is 10.6. The van der Waals surface area contributed by atoms with Crippen molar-refractivity contribution in [2.45, 2.75) is 69.0 Å². The van der Waals surface area contributed by atoms with Crippen molar-refractivity contribution in [1.82, 2.24) is 14.5 Å². The van der Waals surface area contributed by atoms with Crippen molar-refractivity contribution in [2.75, 3.05) is 12.3 Å². The van der Waals surface area contributed by atoms with Crippen molar-refractivity contribution in [3.63, 3.8) is 0 Å². The number of rotatable bonds is 3. The number of amides is 1. The minimum atomic E-state index is 0.0460. The molecule has 0 unspecified atom stereocenters. The predicted molar refractivity (Wildman–Crippen MR) is 114 cm³/mol. The molecule has 5 rings (SSSR count). The van der Waals surface area contributed by atoms with Crippen LogP contribution in [0.1, 0.15) is 55.4 Å². The van der Waals surface area contributed by atoms with Gasteiger partial charge >= 0.3 is 0 Å². The van der Waals surface area contributed by atoms with E-state index in [0.29, 0.717) is 22.9 Å². The van der Waals surface area contributed by atoms with Crippen LogP contribution in [0.15, 0.2) is 9.95 Å². The third-order valence-corrected chi connectivity index (χ3v) is 8.99. The number of hydrogen-bond acceptors (Lipinski definition) is 5. The average Bonchev–Trinajstić information content (AvgIpc) is 3.29. The molecule has 28 heavy (non-hydrogen) atoms. The molecule has 2 aromatic heterocycles. The number of nitrogens with zero attached hydrogens (tertiary/aromatic N) is 3. The Labute approximate surface area is 173 Å². The van der Waals surface area contributed by atoms with Gasteiger partial charge < -0.3 is 4.90 Å². The van der Waals surface area contributed by atoms with Crippen LogP contribution < -0.4 is 5.56 Å². The molecule has 2 aliphatic carbocycles. The van der Waals surface area contributed by atoms with E-state index in [1.54, 1.807) is 23.0 Å². The van der Waals surface area contributed by atoms with E-state index in [1.165, 1.54) is 47.9 Å². The second-order valence-electron chi connectivity index (χ2n) is 8.43. The lowest BCUT2D eigenvalue weighted by Gasteiger charge is -2.44. The van der Waals surface area contributed by atoms with Crippen molar-refractivity contribution in [3.05, 3.63) is 20.8 Å². The monoisotopic (exact) mass is 417 g/mol. The quantitative estimate of drug-likeness (QED) is 0.564. The molecule has 3 heterocycles. The Morgan fingerprint density at radius 3 is 2.89 bits per heavy atom. The molecule has 2 aromatic rings. The van der Waals surface area contributed by atoms with E-state index in [2.05, 4.69) is 4.90 Å². The molecule has 0 spiro atoms. The number of thioether (sulfide) groups is 1. The fourth-order valence-corrected chi connectivity index (χ4v) is 7.54. The number of fused-ring (bicyclic) bond motifs is 4. The maximum absolute atomic E-state index is 13.0. The van der Waals surface area contributed by atoms with E-state index in [9.17, 15) is 9.59 Å². The standard InChI is InChI=1S/C21H27N3O2S2/c1-23-20(26)18-14-8-4-10-16(14)28-19(18)22-21(23)27-12-17(25)24-11-5-7-13-6-2-3-9-15(13)24/h13,15H,2-12H2,1H3/t13-,15+/m0/s1. The summed E-state index contributed by atoms with van der Waals surface area (Å²) in [5, 5.41) is 1.49. The first kappa shape index (κ1) is 18.7. The Balaban J connectivity index is 1.35. The minimum Gasteiger partial charge on any atom is -0.339 e. The highest BCUT2D eigenvalue weighted by Gasteiger charge is 2.35. The van der Waals surface area contributed by atoms with Crippen molar-refractivity contribution in [2.24, 2.45) is 13.0 Å². The van der Waals surface area contributed by atoms with Crippen LogP contribution in [0.2, 0.25) is 0 Å². The summed E-state index contributed by atoms with van der Waals surface area (Å²) in [6, 6.07) is 0.440. The molecule has 7 heteroatoms. The van der Waals surface area contributed by atoms with Crippen LogP contribution in [-0.2, 0) is 24.7 Å². The van der Waals surface area contributed by atoms with Gasteiger partial charge in [0.05, 0.1) is 11.1 Å². The molecule has 0 radical (unpaired) electrons. The van der Waals surface area contributed by atoms with Crippen molar-refractivity contribution >= 4 is 39.2 Å². The minimum absolute atomic E-state index is 0.0460. The second-order valence-corrected chi connectivity index (χ2v) is 10.5. The topological polar surface area (TPSA) is 55.2 Å². The summed E-state index contributed by atoms with van der Waals surface area (Å²) in [5.41, 5.74) is 1.27. The smallest absolute Gasteiger partial charge is 0.262 e. The van der Waals surface area contributed by atoms with Gasteiger partial charge in [-0.1, -0.05) is 24.6 Å². The van der Waals surface area contributed by atoms with Gasteiger partial charge in [-0.3, -0.25) is 14.2 Å². The Morgan fingerprint density at radius 2 is 2.00 bits per heavy atom. The molecular weight excluding hydrogens is 390 g/mol. The number of aryl methyl sites for hydroxylation is 2. The van der Waals surface area contributed by atoms with Crippen LogP contribution in [0.3, 0.4) is 0 Å². The van der Waals surface area contributed by atoms with E-state index in [1.807, 2.05) is 0 Å². The van der Waals surface area contributed by atoms with Crippen LogP contribution in [0.25, 0.3) is 10.2 Å². The summed E-state index contributed by atoms with van der Waals surface area (Å²) in [6.45, 7) is 0.892. The van der Waals surface area contributed by atoms with Crippen LogP contribution in [-0.4, -0.2) is 38.7 Å².